The van der Waals surface area contributed by atoms with Gasteiger partial charge in [0.2, 0.25) is 0 Å². The van der Waals surface area contributed by atoms with Crippen molar-refractivity contribution in [2.45, 2.75) is 32.4 Å². The van der Waals surface area contributed by atoms with Crippen LogP contribution < -0.4 is 14.8 Å². The molecule has 1 unspecified atom stereocenters. The lowest BCUT2D eigenvalue weighted by Gasteiger charge is -2.25. The molecular weight excluding hydrogens is 242 g/mol. The van der Waals surface area contributed by atoms with E-state index in [0.29, 0.717) is 13.2 Å². The second-order valence-electron chi connectivity index (χ2n) is 4.66. The van der Waals surface area contributed by atoms with Crippen LogP contribution in [0.2, 0.25) is 0 Å². The van der Waals surface area contributed by atoms with Gasteiger partial charge in [-0.25, -0.2) is 0 Å². The third-order valence-corrected chi connectivity index (χ3v) is 3.13. The molecule has 0 aromatic heterocycles. The highest BCUT2D eigenvalue weighted by molar-refractivity contribution is 5.46. The van der Waals surface area contributed by atoms with Crippen molar-refractivity contribution in [3.63, 3.8) is 0 Å². The van der Waals surface area contributed by atoms with E-state index in [2.05, 4.69) is 11.4 Å². The summed E-state index contributed by atoms with van der Waals surface area (Å²) in [4.78, 5) is 0. The molecule has 1 saturated heterocycles. The minimum Gasteiger partial charge on any atom is -0.490 e. The number of para-hydroxylation sites is 1. The van der Waals surface area contributed by atoms with Gasteiger partial charge in [0.25, 0.3) is 0 Å². The third-order valence-electron chi connectivity index (χ3n) is 3.13. The molecule has 1 aliphatic rings. The summed E-state index contributed by atoms with van der Waals surface area (Å²) in [5, 5.41) is 3.16. The molecule has 4 heteroatoms. The first kappa shape index (κ1) is 14.2. The van der Waals surface area contributed by atoms with Gasteiger partial charge in [-0.3, -0.25) is 0 Å². The highest BCUT2D eigenvalue weighted by Gasteiger charge is 2.19. The fourth-order valence-electron chi connectivity index (χ4n) is 2.26. The first-order chi connectivity index (χ1) is 9.35. The van der Waals surface area contributed by atoms with Gasteiger partial charge in [0.05, 0.1) is 13.2 Å². The molecular formula is C15H23NO3. The van der Waals surface area contributed by atoms with Crippen molar-refractivity contribution in [2.75, 3.05) is 26.9 Å². The average molecular weight is 265 g/mol. The van der Waals surface area contributed by atoms with Gasteiger partial charge in [0.1, 0.15) is 6.10 Å². The van der Waals surface area contributed by atoms with E-state index in [1.54, 1.807) is 0 Å². The van der Waals surface area contributed by atoms with Gasteiger partial charge < -0.3 is 19.5 Å². The number of hydrogen-bond acceptors (Lipinski definition) is 4. The largest absolute Gasteiger partial charge is 0.490 e. The molecule has 0 bridgehead atoms. The van der Waals surface area contributed by atoms with Crippen molar-refractivity contribution < 1.29 is 14.2 Å². The summed E-state index contributed by atoms with van der Waals surface area (Å²) in [7, 11) is 1.93. The lowest BCUT2D eigenvalue weighted by atomic mass is 10.1. The summed E-state index contributed by atoms with van der Waals surface area (Å²) in [6.07, 6.45) is 2.23. The maximum Gasteiger partial charge on any atom is 0.166 e. The topological polar surface area (TPSA) is 39.7 Å². The van der Waals surface area contributed by atoms with Gasteiger partial charge in [0.15, 0.2) is 11.5 Å². The number of rotatable bonds is 6. The zero-order valence-corrected chi connectivity index (χ0v) is 11.8. The summed E-state index contributed by atoms with van der Waals surface area (Å²) in [5.41, 5.74) is 1.12. The lowest BCUT2D eigenvalue weighted by Crippen LogP contribution is -2.28. The van der Waals surface area contributed by atoms with Crippen molar-refractivity contribution in [1.29, 1.82) is 0 Å². The quantitative estimate of drug-likeness (QED) is 0.857. The van der Waals surface area contributed by atoms with Crippen LogP contribution in [0.25, 0.3) is 0 Å². The number of benzene rings is 1. The standard InChI is InChI=1S/C15H23NO3/c1-3-18-14-8-4-6-12(10-16-2)15(14)19-13-7-5-9-17-11-13/h4,6,8,13,16H,3,5,7,9-11H2,1-2H3. The van der Waals surface area contributed by atoms with Gasteiger partial charge >= 0.3 is 0 Å². The van der Waals surface area contributed by atoms with Crippen LogP contribution >= 0.6 is 0 Å². The molecule has 1 aromatic carbocycles. The monoisotopic (exact) mass is 265 g/mol. The van der Waals surface area contributed by atoms with Gasteiger partial charge in [-0.05, 0) is 32.9 Å². The van der Waals surface area contributed by atoms with Crippen molar-refractivity contribution in [3.8, 4) is 11.5 Å². The second kappa shape index (κ2) is 7.36. The molecule has 0 radical (unpaired) electrons. The van der Waals surface area contributed by atoms with Crippen molar-refractivity contribution in [3.05, 3.63) is 23.8 Å². The number of ether oxygens (including phenoxy) is 3. The summed E-state index contributed by atoms with van der Waals surface area (Å²) >= 11 is 0. The Morgan fingerprint density at radius 3 is 3.00 bits per heavy atom. The first-order valence-corrected chi connectivity index (χ1v) is 6.98. The summed E-state index contributed by atoms with van der Waals surface area (Å²) < 4.78 is 17.3. The Morgan fingerprint density at radius 2 is 2.32 bits per heavy atom. The minimum absolute atomic E-state index is 0.131. The molecule has 19 heavy (non-hydrogen) atoms. The van der Waals surface area contributed by atoms with Gasteiger partial charge in [-0.15, -0.1) is 0 Å². The molecule has 0 amide bonds. The van der Waals surface area contributed by atoms with Crippen molar-refractivity contribution in [2.24, 2.45) is 0 Å². The molecule has 1 atom stereocenters. The van der Waals surface area contributed by atoms with E-state index in [0.717, 1.165) is 43.1 Å². The van der Waals surface area contributed by atoms with Crippen LogP contribution in [0.3, 0.4) is 0 Å². The van der Waals surface area contributed by atoms with E-state index in [4.69, 9.17) is 14.2 Å². The number of nitrogens with one attached hydrogen (secondary N) is 1. The lowest BCUT2D eigenvalue weighted by molar-refractivity contribution is 0.00581. The maximum absolute atomic E-state index is 6.13. The van der Waals surface area contributed by atoms with Gasteiger partial charge in [-0.1, -0.05) is 12.1 Å². The highest BCUT2D eigenvalue weighted by atomic mass is 16.6. The predicted molar refractivity (Wildman–Crippen MR) is 74.8 cm³/mol. The van der Waals surface area contributed by atoms with Crippen molar-refractivity contribution in [1.82, 2.24) is 5.32 Å². The van der Waals surface area contributed by atoms with Crippen LogP contribution in [-0.2, 0) is 11.3 Å². The predicted octanol–water partition coefficient (Wildman–Crippen LogP) is 2.36. The Balaban J connectivity index is 2.17. The van der Waals surface area contributed by atoms with E-state index < -0.39 is 0 Å². The molecule has 2 rings (SSSR count). The summed E-state index contributed by atoms with van der Waals surface area (Å²) in [6.45, 7) is 4.90. The first-order valence-electron chi connectivity index (χ1n) is 6.98. The van der Waals surface area contributed by atoms with E-state index in [1.807, 2.05) is 26.1 Å². The normalized spacial score (nSPS) is 19.2. The Kier molecular flexibility index (Phi) is 5.48. The Morgan fingerprint density at radius 1 is 1.42 bits per heavy atom. The van der Waals surface area contributed by atoms with E-state index in [9.17, 15) is 0 Å². The zero-order chi connectivity index (χ0) is 13.5. The number of hydrogen-bond donors (Lipinski definition) is 1. The van der Waals surface area contributed by atoms with Crippen LogP contribution in [0.1, 0.15) is 25.3 Å². The molecule has 1 aliphatic heterocycles. The second-order valence-corrected chi connectivity index (χ2v) is 4.66. The van der Waals surface area contributed by atoms with Gasteiger partial charge in [-0.2, -0.15) is 0 Å². The summed E-state index contributed by atoms with van der Waals surface area (Å²) in [5.74, 6) is 1.68. The fraction of sp³-hybridized carbons (Fsp3) is 0.600. The van der Waals surface area contributed by atoms with Crippen LogP contribution in [0, 0.1) is 0 Å². The molecule has 0 saturated carbocycles. The zero-order valence-electron chi connectivity index (χ0n) is 11.8. The van der Waals surface area contributed by atoms with Crippen LogP contribution in [0.4, 0.5) is 0 Å². The molecule has 0 spiro atoms. The van der Waals surface area contributed by atoms with Crippen LogP contribution in [0.5, 0.6) is 11.5 Å². The summed E-state index contributed by atoms with van der Waals surface area (Å²) in [6, 6.07) is 6.03. The van der Waals surface area contributed by atoms with E-state index in [1.165, 1.54) is 0 Å². The van der Waals surface area contributed by atoms with Crippen molar-refractivity contribution >= 4 is 0 Å². The van der Waals surface area contributed by atoms with E-state index in [-0.39, 0.29) is 6.10 Å². The Hall–Kier alpha value is -1.26. The van der Waals surface area contributed by atoms with Gasteiger partial charge in [0, 0.05) is 18.7 Å². The molecule has 0 aliphatic carbocycles. The van der Waals surface area contributed by atoms with Crippen LogP contribution in [-0.4, -0.2) is 33.0 Å². The fourth-order valence-corrected chi connectivity index (χ4v) is 2.26. The Bertz CT molecular complexity index is 365. The minimum atomic E-state index is 0.131. The molecule has 106 valence electrons. The third kappa shape index (κ3) is 3.85. The SMILES string of the molecule is CCOc1cccc(CNC)c1OC1CCCOC1. The molecule has 4 nitrogen and oxygen atoms in total. The molecule has 1 aromatic rings. The molecule has 1 N–H and O–H groups in total. The smallest absolute Gasteiger partial charge is 0.166 e. The van der Waals surface area contributed by atoms with E-state index >= 15 is 0 Å². The van der Waals surface area contributed by atoms with Crippen LogP contribution in [0.15, 0.2) is 18.2 Å². The Labute approximate surface area is 115 Å². The maximum atomic E-state index is 6.13. The highest BCUT2D eigenvalue weighted by Crippen LogP contribution is 2.33. The average Bonchev–Trinajstić information content (AvgIpc) is 2.44. The molecule has 1 fully saturated rings. The molecule has 1 heterocycles.